The first-order valence-electron chi connectivity index (χ1n) is 11.4. The second-order valence-corrected chi connectivity index (χ2v) is 9.41. The highest BCUT2D eigenvalue weighted by Gasteiger charge is 2.28. The maximum Gasteiger partial charge on any atom is 0.410 e. The number of nitrogens with two attached hydrogens (primary N) is 2. The topological polar surface area (TPSA) is 167 Å². The van der Waals surface area contributed by atoms with E-state index in [2.05, 4.69) is 15.5 Å². The van der Waals surface area contributed by atoms with E-state index in [1.807, 2.05) is 18.2 Å². The Morgan fingerprint density at radius 2 is 1.86 bits per heavy atom. The van der Waals surface area contributed by atoms with Crippen molar-refractivity contribution in [2.24, 2.45) is 11.5 Å². The van der Waals surface area contributed by atoms with Gasteiger partial charge in [-0.15, -0.1) is 10.2 Å². The van der Waals surface area contributed by atoms with Crippen molar-refractivity contribution in [1.82, 2.24) is 24.8 Å². The number of rotatable bonds is 11. The summed E-state index contributed by atoms with van der Waals surface area (Å²) in [6.07, 6.45) is -0.733. The molecule has 2 heterocycles. The highest BCUT2D eigenvalue weighted by atomic mass is 35.5. The molecule has 12 nitrogen and oxygen atoms in total. The molecule has 0 aliphatic carbocycles. The van der Waals surface area contributed by atoms with Crippen molar-refractivity contribution in [2.45, 2.75) is 38.6 Å². The summed E-state index contributed by atoms with van der Waals surface area (Å²) in [4.78, 5) is 37.2. The number of primary amides is 1. The van der Waals surface area contributed by atoms with Crippen LogP contribution in [0.1, 0.15) is 37.0 Å². The summed E-state index contributed by atoms with van der Waals surface area (Å²) < 4.78 is 12.9. The van der Waals surface area contributed by atoms with E-state index in [4.69, 9.17) is 32.5 Å². The Hall–Kier alpha value is -3.74. The molecule has 37 heavy (non-hydrogen) atoms. The molecule has 3 rings (SSSR count). The molecule has 0 saturated carbocycles. The summed E-state index contributed by atoms with van der Waals surface area (Å²) in [5, 5.41) is 11.9. The van der Waals surface area contributed by atoms with E-state index in [-0.39, 0.29) is 26.4 Å². The lowest BCUT2D eigenvalue weighted by atomic mass is 10.1. The van der Waals surface area contributed by atoms with Crippen LogP contribution < -0.4 is 16.8 Å². The molecule has 198 valence electrons. The van der Waals surface area contributed by atoms with Crippen LogP contribution in [0.5, 0.6) is 0 Å². The number of ether oxygens (including phenoxy) is 2. The molecule has 0 saturated heterocycles. The van der Waals surface area contributed by atoms with Crippen molar-refractivity contribution in [3.8, 4) is 0 Å². The molecule has 5 N–H and O–H groups in total. The van der Waals surface area contributed by atoms with Gasteiger partial charge in [0.2, 0.25) is 11.8 Å². The van der Waals surface area contributed by atoms with Crippen LogP contribution in [0.3, 0.4) is 0 Å². The molecule has 13 heteroatoms. The molecule has 3 amide bonds. The number of aromatic nitrogens is 3. The second kappa shape index (κ2) is 12.0. The first kappa shape index (κ1) is 27.8. The second-order valence-electron chi connectivity index (χ2n) is 9.00. The van der Waals surface area contributed by atoms with Gasteiger partial charge in [-0.3, -0.25) is 14.0 Å². The van der Waals surface area contributed by atoms with E-state index in [0.29, 0.717) is 22.2 Å². The molecule has 0 aliphatic rings. The number of nitrogens with zero attached hydrogens (tertiary/aromatic N) is 4. The van der Waals surface area contributed by atoms with Crippen molar-refractivity contribution in [3.63, 3.8) is 0 Å². The molecule has 2 aromatic heterocycles. The summed E-state index contributed by atoms with van der Waals surface area (Å²) in [6.45, 7) is 2.95. The molecular weight excluding hydrogens is 502 g/mol. The third kappa shape index (κ3) is 7.38. The van der Waals surface area contributed by atoms with Crippen LogP contribution in [-0.4, -0.2) is 63.1 Å². The van der Waals surface area contributed by atoms with Gasteiger partial charge in [-0.25, -0.2) is 4.79 Å². The van der Waals surface area contributed by atoms with Gasteiger partial charge in [0.1, 0.15) is 19.2 Å². The van der Waals surface area contributed by atoms with Gasteiger partial charge < -0.3 is 31.2 Å². The molecule has 0 fully saturated rings. The van der Waals surface area contributed by atoms with Gasteiger partial charge in [0, 0.05) is 12.1 Å². The SMILES string of the molecule is CN(CC(N)=O)C(=O)OCc1cccc2nnc([C@@H](COCc3ccccc3Cl)NC(=O)C(C)(C)N)n12. The van der Waals surface area contributed by atoms with Crippen molar-refractivity contribution >= 4 is 35.2 Å². The molecule has 0 unspecified atom stereocenters. The van der Waals surface area contributed by atoms with Crippen molar-refractivity contribution < 1.29 is 23.9 Å². The Balaban J connectivity index is 1.86. The molecule has 1 aromatic carbocycles. The lowest BCUT2D eigenvalue weighted by Crippen LogP contribution is -2.51. The summed E-state index contributed by atoms with van der Waals surface area (Å²) >= 11 is 6.23. The Labute approximate surface area is 218 Å². The largest absolute Gasteiger partial charge is 0.443 e. The van der Waals surface area contributed by atoms with Crippen LogP contribution in [0.2, 0.25) is 5.02 Å². The van der Waals surface area contributed by atoms with Crippen molar-refractivity contribution in [2.75, 3.05) is 20.2 Å². The zero-order valence-electron chi connectivity index (χ0n) is 20.8. The zero-order valence-corrected chi connectivity index (χ0v) is 21.6. The number of hydrogen-bond acceptors (Lipinski definition) is 8. The van der Waals surface area contributed by atoms with Gasteiger partial charge in [-0.1, -0.05) is 35.9 Å². The molecular formula is C24H30ClN7O5. The monoisotopic (exact) mass is 531 g/mol. The molecule has 3 aromatic rings. The quantitative estimate of drug-likeness (QED) is 0.335. The Kier molecular flexibility index (Phi) is 9.03. The van der Waals surface area contributed by atoms with E-state index in [1.54, 1.807) is 42.5 Å². The van der Waals surface area contributed by atoms with Crippen LogP contribution in [0, 0.1) is 0 Å². The molecule has 0 bridgehead atoms. The van der Waals surface area contributed by atoms with E-state index >= 15 is 0 Å². The number of carbonyl (C=O) groups is 3. The summed E-state index contributed by atoms with van der Waals surface area (Å²) in [7, 11) is 1.40. The van der Waals surface area contributed by atoms with Crippen LogP contribution in [0.25, 0.3) is 5.65 Å². The maximum atomic E-state index is 12.8. The summed E-state index contributed by atoms with van der Waals surface area (Å²) in [6, 6.07) is 11.7. The van der Waals surface area contributed by atoms with Crippen LogP contribution in [0.4, 0.5) is 4.79 Å². The van der Waals surface area contributed by atoms with Crippen molar-refractivity contribution in [1.29, 1.82) is 0 Å². The number of fused-ring (bicyclic) bond motifs is 1. The molecule has 0 spiro atoms. The number of amides is 3. The van der Waals surface area contributed by atoms with Gasteiger partial charge in [0.05, 0.1) is 24.4 Å². The van der Waals surface area contributed by atoms with E-state index < -0.39 is 29.5 Å². The minimum absolute atomic E-state index is 0.0311. The van der Waals surface area contributed by atoms with Crippen LogP contribution in [-0.2, 0) is 32.3 Å². The van der Waals surface area contributed by atoms with Gasteiger partial charge in [-0.2, -0.15) is 0 Å². The Bertz CT molecular complexity index is 1270. The number of hydrogen-bond donors (Lipinski definition) is 3. The third-order valence-electron chi connectivity index (χ3n) is 5.28. The fourth-order valence-electron chi connectivity index (χ4n) is 3.34. The molecule has 1 atom stereocenters. The van der Waals surface area contributed by atoms with Gasteiger partial charge in [0.15, 0.2) is 11.5 Å². The van der Waals surface area contributed by atoms with Gasteiger partial charge in [0.25, 0.3) is 0 Å². The van der Waals surface area contributed by atoms with E-state index in [1.165, 1.54) is 7.05 Å². The Morgan fingerprint density at radius 3 is 2.54 bits per heavy atom. The fraction of sp³-hybridized carbons (Fsp3) is 0.375. The van der Waals surface area contributed by atoms with E-state index in [9.17, 15) is 14.4 Å². The van der Waals surface area contributed by atoms with Gasteiger partial charge >= 0.3 is 6.09 Å². The van der Waals surface area contributed by atoms with Crippen LogP contribution >= 0.6 is 11.6 Å². The van der Waals surface area contributed by atoms with Gasteiger partial charge in [-0.05, 0) is 37.6 Å². The number of likely N-dealkylation sites (N-methyl/N-ethyl adjacent to an activating group) is 1. The smallest absolute Gasteiger partial charge is 0.410 e. The first-order chi connectivity index (χ1) is 17.5. The summed E-state index contributed by atoms with van der Waals surface area (Å²) in [5.41, 5.74) is 11.7. The standard InChI is InChI=1S/C24H30ClN7O5/c1-24(2,27)22(34)28-18(14-36-12-15-7-4-5-9-17(15)25)21-30-29-20-10-6-8-16(32(20)21)13-37-23(35)31(3)11-19(26)33/h4-10,18H,11-14,27H2,1-3H3,(H2,26,33)(H,28,34)/t18-/m1/s1. The predicted molar refractivity (Wildman–Crippen MR) is 135 cm³/mol. The van der Waals surface area contributed by atoms with Crippen LogP contribution in [0.15, 0.2) is 42.5 Å². The highest BCUT2D eigenvalue weighted by molar-refractivity contribution is 6.31. The minimum atomic E-state index is -1.16. The van der Waals surface area contributed by atoms with Crippen molar-refractivity contribution in [3.05, 3.63) is 64.6 Å². The number of halogens is 1. The Morgan fingerprint density at radius 1 is 1.14 bits per heavy atom. The number of nitrogens with one attached hydrogen (secondary N) is 1. The summed E-state index contributed by atoms with van der Waals surface area (Å²) in [5.74, 6) is -0.739. The average molecular weight is 532 g/mol. The zero-order chi connectivity index (χ0) is 27.2. The predicted octanol–water partition coefficient (Wildman–Crippen LogP) is 1.55. The fourth-order valence-corrected chi connectivity index (χ4v) is 3.53. The van der Waals surface area contributed by atoms with E-state index in [0.717, 1.165) is 10.5 Å². The first-order valence-corrected chi connectivity index (χ1v) is 11.7. The number of pyridine rings is 1. The highest BCUT2D eigenvalue weighted by Crippen LogP contribution is 2.20. The number of carbonyl (C=O) groups excluding carboxylic acids is 3. The third-order valence-corrected chi connectivity index (χ3v) is 5.65. The normalized spacial score (nSPS) is 12.2. The average Bonchev–Trinajstić information content (AvgIpc) is 3.26. The lowest BCUT2D eigenvalue weighted by molar-refractivity contribution is -0.126. The lowest BCUT2D eigenvalue weighted by Gasteiger charge is -2.24. The minimum Gasteiger partial charge on any atom is -0.443 e. The number of benzene rings is 1. The molecule has 0 radical (unpaired) electrons. The molecule has 0 aliphatic heterocycles. The maximum absolute atomic E-state index is 12.8.